The number of hydrogen-bond acceptors (Lipinski definition) is 3. The van der Waals surface area contributed by atoms with Crippen molar-refractivity contribution in [3.05, 3.63) is 30.0 Å². The van der Waals surface area contributed by atoms with E-state index in [0.717, 1.165) is 48.2 Å². The molecule has 2 rings (SSSR count). The number of para-hydroxylation sites is 1. The van der Waals surface area contributed by atoms with Crippen molar-refractivity contribution in [1.82, 2.24) is 4.98 Å². The first-order chi connectivity index (χ1) is 9.80. The lowest BCUT2D eigenvalue weighted by atomic mass is 10.1. The number of anilines is 1. The first-order valence-corrected chi connectivity index (χ1v) is 7.59. The van der Waals surface area contributed by atoms with Crippen LogP contribution in [0.5, 0.6) is 5.75 Å². The molecule has 1 N–H and O–H groups in total. The van der Waals surface area contributed by atoms with Crippen LogP contribution in [0.15, 0.2) is 24.3 Å². The second-order valence-corrected chi connectivity index (χ2v) is 4.92. The zero-order chi connectivity index (χ0) is 14.4. The highest BCUT2D eigenvalue weighted by Crippen LogP contribution is 2.30. The van der Waals surface area contributed by atoms with Crippen molar-refractivity contribution in [1.29, 1.82) is 0 Å². The van der Waals surface area contributed by atoms with Gasteiger partial charge in [-0.3, -0.25) is 0 Å². The van der Waals surface area contributed by atoms with E-state index < -0.39 is 0 Å². The minimum Gasteiger partial charge on any atom is -0.492 e. The van der Waals surface area contributed by atoms with Gasteiger partial charge in [-0.1, -0.05) is 32.4 Å². The highest BCUT2D eigenvalue weighted by Gasteiger charge is 2.09. The Morgan fingerprint density at radius 1 is 1.15 bits per heavy atom. The summed E-state index contributed by atoms with van der Waals surface area (Å²) in [5.41, 5.74) is 3.27. The maximum Gasteiger partial charge on any atom is 0.145 e. The van der Waals surface area contributed by atoms with Crippen molar-refractivity contribution < 1.29 is 4.74 Å². The molecule has 2 aromatic rings. The highest BCUT2D eigenvalue weighted by molar-refractivity contribution is 5.95. The molecular weight excluding hydrogens is 248 g/mol. The maximum absolute atomic E-state index is 5.72. The van der Waals surface area contributed by atoms with Crippen LogP contribution < -0.4 is 10.1 Å². The summed E-state index contributed by atoms with van der Waals surface area (Å²) in [6.07, 6.45) is 3.21. The molecule has 0 fully saturated rings. The lowest BCUT2D eigenvalue weighted by molar-refractivity contribution is 0.343. The van der Waals surface area contributed by atoms with Crippen LogP contribution in [0.25, 0.3) is 10.9 Å². The summed E-state index contributed by atoms with van der Waals surface area (Å²) in [4.78, 5) is 4.79. The number of hydrogen-bond donors (Lipinski definition) is 1. The quantitative estimate of drug-likeness (QED) is 0.810. The van der Waals surface area contributed by atoms with Crippen molar-refractivity contribution >= 4 is 16.6 Å². The Morgan fingerprint density at radius 3 is 2.70 bits per heavy atom. The van der Waals surface area contributed by atoms with Gasteiger partial charge in [-0.2, -0.15) is 0 Å². The van der Waals surface area contributed by atoms with E-state index in [9.17, 15) is 0 Å². The molecule has 0 bridgehead atoms. The number of nitrogens with one attached hydrogen (secondary N) is 1. The van der Waals surface area contributed by atoms with Crippen LogP contribution in [0.2, 0.25) is 0 Å². The number of aryl methyl sites for hydroxylation is 1. The predicted molar refractivity (Wildman–Crippen MR) is 85.7 cm³/mol. The van der Waals surface area contributed by atoms with Crippen LogP contribution >= 0.6 is 0 Å². The average Bonchev–Trinajstić information content (AvgIpc) is 2.46. The van der Waals surface area contributed by atoms with Crippen LogP contribution in [0.1, 0.15) is 39.3 Å². The molecule has 3 nitrogen and oxygen atoms in total. The zero-order valence-electron chi connectivity index (χ0n) is 12.7. The van der Waals surface area contributed by atoms with Crippen LogP contribution in [-0.2, 0) is 6.42 Å². The van der Waals surface area contributed by atoms with Gasteiger partial charge in [0.1, 0.15) is 11.3 Å². The minimum absolute atomic E-state index is 0.663. The van der Waals surface area contributed by atoms with Crippen LogP contribution in [0, 0.1) is 0 Å². The Kier molecular flexibility index (Phi) is 5.22. The Balaban J connectivity index is 2.54. The smallest absolute Gasteiger partial charge is 0.145 e. The summed E-state index contributed by atoms with van der Waals surface area (Å²) in [5.74, 6) is 0.877. The summed E-state index contributed by atoms with van der Waals surface area (Å²) in [7, 11) is 0. The summed E-state index contributed by atoms with van der Waals surface area (Å²) in [6, 6.07) is 8.32. The third-order valence-corrected chi connectivity index (χ3v) is 3.23. The van der Waals surface area contributed by atoms with Gasteiger partial charge in [0, 0.05) is 23.3 Å². The topological polar surface area (TPSA) is 34.2 Å². The molecule has 0 aliphatic heterocycles. The van der Waals surface area contributed by atoms with E-state index in [2.05, 4.69) is 31.3 Å². The van der Waals surface area contributed by atoms with Gasteiger partial charge in [0.2, 0.25) is 0 Å². The number of pyridine rings is 1. The third-order valence-electron chi connectivity index (χ3n) is 3.23. The van der Waals surface area contributed by atoms with E-state index >= 15 is 0 Å². The van der Waals surface area contributed by atoms with Crippen molar-refractivity contribution in [2.24, 2.45) is 0 Å². The van der Waals surface area contributed by atoms with Crippen LogP contribution in [0.3, 0.4) is 0 Å². The van der Waals surface area contributed by atoms with Gasteiger partial charge in [-0.15, -0.1) is 0 Å². The Bertz CT molecular complexity index is 566. The molecule has 0 aliphatic rings. The molecule has 0 unspecified atom stereocenters. The van der Waals surface area contributed by atoms with E-state index in [0.29, 0.717) is 6.61 Å². The molecule has 0 radical (unpaired) electrons. The number of rotatable bonds is 7. The lowest BCUT2D eigenvalue weighted by Crippen LogP contribution is -2.04. The first-order valence-electron chi connectivity index (χ1n) is 7.59. The molecule has 0 saturated heterocycles. The fourth-order valence-electron chi connectivity index (χ4n) is 2.34. The van der Waals surface area contributed by atoms with E-state index in [1.165, 1.54) is 5.69 Å². The molecule has 1 heterocycles. The molecule has 1 aromatic carbocycles. The van der Waals surface area contributed by atoms with E-state index in [1.807, 2.05) is 19.1 Å². The van der Waals surface area contributed by atoms with Gasteiger partial charge in [0.25, 0.3) is 0 Å². The van der Waals surface area contributed by atoms with Crippen LogP contribution in [-0.4, -0.2) is 18.1 Å². The highest BCUT2D eigenvalue weighted by atomic mass is 16.5. The van der Waals surface area contributed by atoms with Crippen molar-refractivity contribution in [3.63, 3.8) is 0 Å². The van der Waals surface area contributed by atoms with E-state index in [4.69, 9.17) is 9.72 Å². The van der Waals surface area contributed by atoms with Gasteiger partial charge < -0.3 is 10.1 Å². The predicted octanol–water partition coefficient (Wildman–Crippen LogP) is 4.41. The summed E-state index contributed by atoms with van der Waals surface area (Å²) >= 11 is 0. The minimum atomic E-state index is 0.663. The largest absolute Gasteiger partial charge is 0.492 e. The standard InChI is InChI=1S/C17H24N2O/c1-4-8-13-12-15(18-11-5-2)14-9-7-10-16(20-6-3)17(14)19-13/h7,9-10,12H,4-6,8,11H2,1-3H3,(H,18,19). The molecule has 0 atom stereocenters. The third kappa shape index (κ3) is 3.21. The summed E-state index contributed by atoms with van der Waals surface area (Å²) in [5, 5.41) is 4.65. The van der Waals surface area contributed by atoms with E-state index in [1.54, 1.807) is 0 Å². The molecule has 20 heavy (non-hydrogen) atoms. The first kappa shape index (κ1) is 14.6. The Morgan fingerprint density at radius 2 is 2.00 bits per heavy atom. The molecule has 0 saturated carbocycles. The van der Waals surface area contributed by atoms with Crippen LogP contribution in [0.4, 0.5) is 5.69 Å². The number of ether oxygens (including phenoxy) is 1. The van der Waals surface area contributed by atoms with Crippen molar-refractivity contribution in [2.75, 3.05) is 18.5 Å². The Hall–Kier alpha value is -1.77. The number of fused-ring (bicyclic) bond motifs is 1. The molecule has 0 amide bonds. The SMILES string of the molecule is CCCNc1cc(CCC)nc2c(OCC)cccc12. The Labute approximate surface area is 121 Å². The normalized spacial score (nSPS) is 10.8. The monoisotopic (exact) mass is 272 g/mol. The fraction of sp³-hybridized carbons (Fsp3) is 0.471. The van der Waals surface area contributed by atoms with E-state index in [-0.39, 0.29) is 0 Å². The second kappa shape index (κ2) is 7.13. The van der Waals surface area contributed by atoms with Crippen molar-refractivity contribution in [2.45, 2.75) is 40.0 Å². The zero-order valence-corrected chi connectivity index (χ0v) is 12.7. The number of benzene rings is 1. The molecule has 108 valence electrons. The lowest BCUT2D eigenvalue weighted by Gasteiger charge is -2.13. The van der Waals surface area contributed by atoms with Crippen molar-refractivity contribution in [3.8, 4) is 5.75 Å². The van der Waals surface area contributed by atoms with Gasteiger partial charge in [-0.25, -0.2) is 4.98 Å². The summed E-state index contributed by atoms with van der Waals surface area (Å²) < 4.78 is 5.72. The molecule has 1 aromatic heterocycles. The molecular formula is C17H24N2O. The summed E-state index contributed by atoms with van der Waals surface area (Å²) in [6.45, 7) is 8.00. The second-order valence-electron chi connectivity index (χ2n) is 4.92. The number of nitrogens with zero attached hydrogens (tertiary/aromatic N) is 1. The average molecular weight is 272 g/mol. The molecule has 3 heteroatoms. The van der Waals surface area contributed by atoms with Gasteiger partial charge >= 0.3 is 0 Å². The van der Waals surface area contributed by atoms with Gasteiger partial charge in [0.05, 0.1) is 6.61 Å². The molecule has 0 aliphatic carbocycles. The maximum atomic E-state index is 5.72. The van der Waals surface area contributed by atoms with Gasteiger partial charge in [-0.05, 0) is 31.9 Å². The van der Waals surface area contributed by atoms with Gasteiger partial charge in [0.15, 0.2) is 0 Å². The molecule has 0 spiro atoms. The fourth-order valence-corrected chi connectivity index (χ4v) is 2.34. The number of aromatic nitrogens is 1.